The van der Waals surface area contributed by atoms with Crippen molar-refractivity contribution < 1.29 is 9.47 Å². The van der Waals surface area contributed by atoms with Crippen LogP contribution in [0.4, 0.5) is 0 Å². The second-order valence-electron chi connectivity index (χ2n) is 5.00. The number of aryl methyl sites for hydroxylation is 1. The van der Waals surface area contributed by atoms with Crippen LogP contribution in [0.25, 0.3) is 0 Å². The van der Waals surface area contributed by atoms with Crippen LogP contribution in [0.15, 0.2) is 34.8 Å². The highest BCUT2D eigenvalue weighted by atomic mass is 79.9. The van der Waals surface area contributed by atoms with Crippen LogP contribution in [0.1, 0.15) is 22.7 Å². The van der Waals surface area contributed by atoms with Crippen LogP contribution in [-0.2, 0) is 0 Å². The summed E-state index contributed by atoms with van der Waals surface area (Å²) in [5.41, 5.74) is 9.36. The Morgan fingerprint density at radius 2 is 1.81 bits per heavy atom. The second kappa shape index (κ2) is 5.87. The van der Waals surface area contributed by atoms with E-state index in [0.29, 0.717) is 29.7 Å². The maximum absolute atomic E-state index is 6.37. The largest absolute Gasteiger partial charge is 0.486 e. The first kappa shape index (κ1) is 14.7. The molecule has 3 rings (SSSR count). The molecular formula is C16H15BrClNO2. The van der Waals surface area contributed by atoms with Gasteiger partial charge in [-0.25, -0.2) is 0 Å². The van der Waals surface area contributed by atoms with Crippen molar-refractivity contribution in [1.82, 2.24) is 0 Å². The number of halogens is 2. The maximum Gasteiger partial charge on any atom is 0.162 e. The van der Waals surface area contributed by atoms with Crippen molar-refractivity contribution in [2.45, 2.75) is 13.0 Å². The number of ether oxygens (including phenoxy) is 2. The fourth-order valence-corrected chi connectivity index (χ4v) is 2.97. The topological polar surface area (TPSA) is 44.5 Å². The van der Waals surface area contributed by atoms with Gasteiger partial charge in [-0.3, -0.25) is 0 Å². The Morgan fingerprint density at radius 3 is 2.48 bits per heavy atom. The van der Waals surface area contributed by atoms with Crippen molar-refractivity contribution in [3.63, 3.8) is 0 Å². The molecule has 0 amide bonds. The van der Waals surface area contributed by atoms with Gasteiger partial charge in [0.25, 0.3) is 0 Å². The minimum Gasteiger partial charge on any atom is -0.486 e. The third-order valence-electron chi connectivity index (χ3n) is 3.55. The smallest absolute Gasteiger partial charge is 0.162 e. The second-order valence-corrected chi connectivity index (χ2v) is 6.27. The van der Waals surface area contributed by atoms with Gasteiger partial charge in [0.15, 0.2) is 11.5 Å². The van der Waals surface area contributed by atoms with Crippen LogP contribution in [0, 0.1) is 6.92 Å². The Hall–Kier alpha value is -1.23. The van der Waals surface area contributed by atoms with E-state index in [1.54, 1.807) is 6.07 Å². The molecule has 5 heteroatoms. The van der Waals surface area contributed by atoms with Gasteiger partial charge in [0.1, 0.15) is 13.2 Å². The molecule has 1 atom stereocenters. The average Bonchev–Trinajstić information content (AvgIpc) is 2.48. The number of rotatable bonds is 2. The average molecular weight is 369 g/mol. The van der Waals surface area contributed by atoms with E-state index < -0.39 is 0 Å². The number of benzene rings is 2. The Kier molecular flexibility index (Phi) is 4.11. The quantitative estimate of drug-likeness (QED) is 0.862. The van der Waals surface area contributed by atoms with Crippen molar-refractivity contribution in [2.24, 2.45) is 5.73 Å². The van der Waals surface area contributed by atoms with Gasteiger partial charge in [0, 0.05) is 15.6 Å². The lowest BCUT2D eigenvalue weighted by Gasteiger charge is -2.22. The molecule has 2 aromatic rings. The third kappa shape index (κ3) is 2.89. The van der Waals surface area contributed by atoms with Gasteiger partial charge in [-0.05, 0) is 35.7 Å². The molecule has 110 valence electrons. The monoisotopic (exact) mass is 367 g/mol. The van der Waals surface area contributed by atoms with Gasteiger partial charge in [0.2, 0.25) is 0 Å². The lowest BCUT2D eigenvalue weighted by atomic mass is 9.98. The zero-order valence-corrected chi connectivity index (χ0v) is 13.9. The van der Waals surface area contributed by atoms with Gasteiger partial charge in [-0.15, -0.1) is 0 Å². The first-order chi connectivity index (χ1) is 10.1. The molecule has 0 aromatic heterocycles. The molecule has 0 saturated carbocycles. The van der Waals surface area contributed by atoms with E-state index in [1.807, 2.05) is 31.2 Å². The molecule has 0 saturated heterocycles. The summed E-state index contributed by atoms with van der Waals surface area (Å²) in [5, 5.41) is 0.587. The number of hydrogen-bond acceptors (Lipinski definition) is 3. The standard InChI is InChI=1S/C16H15BrClNO2/c1-9-2-3-10(6-12(9)17)16(19)11-7-14-15(8-13(11)18)21-5-4-20-14/h2-3,6-8,16H,4-5,19H2,1H3. The number of nitrogens with two attached hydrogens (primary N) is 1. The molecule has 0 radical (unpaired) electrons. The Bertz CT molecular complexity index is 690. The molecular weight excluding hydrogens is 354 g/mol. The van der Waals surface area contributed by atoms with Crippen molar-refractivity contribution in [2.75, 3.05) is 13.2 Å². The minimum absolute atomic E-state index is 0.315. The van der Waals surface area contributed by atoms with Gasteiger partial charge >= 0.3 is 0 Å². The van der Waals surface area contributed by atoms with Gasteiger partial charge in [-0.1, -0.05) is 39.7 Å². The summed E-state index contributed by atoms with van der Waals surface area (Å²) in [4.78, 5) is 0. The highest BCUT2D eigenvalue weighted by molar-refractivity contribution is 9.10. The first-order valence-corrected chi connectivity index (χ1v) is 7.84. The molecule has 1 aliphatic rings. The van der Waals surface area contributed by atoms with E-state index in [-0.39, 0.29) is 6.04 Å². The summed E-state index contributed by atoms with van der Waals surface area (Å²) in [5.74, 6) is 1.37. The number of fused-ring (bicyclic) bond motifs is 1. The molecule has 1 unspecified atom stereocenters. The minimum atomic E-state index is -0.315. The van der Waals surface area contributed by atoms with E-state index in [9.17, 15) is 0 Å². The SMILES string of the molecule is Cc1ccc(C(N)c2cc3c(cc2Cl)OCCO3)cc1Br. The predicted octanol–water partition coefficient (Wildman–Crippen LogP) is 4.23. The normalized spacial score (nSPS) is 14.9. The van der Waals surface area contributed by atoms with Crippen LogP contribution in [0.5, 0.6) is 11.5 Å². The fourth-order valence-electron chi connectivity index (χ4n) is 2.30. The molecule has 0 aliphatic carbocycles. The maximum atomic E-state index is 6.37. The summed E-state index contributed by atoms with van der Waals surface area (Å²) in [6.07, 6.45) is 0. The zero-order chi connectivity index (χ0) is 15.0. The van der Waals surface area contributed by atoms with Crippen LogP contribution in [0.3, 0.4) is 0 Å². The summed E-state index contributed by atoms with van der Waals surface area (Å²) in [7, 11) is 0. The summed E-state index contributed by atoms with van der Waals surface area (Å²) < 4.78 is 12.2. The van der Waals surface area contributed by atoms with Crippen LogP contribution in [-0.4, -0.2) is 13.2 Å². The lowest BCUT2D eigenvalue weighted by molar-refractivity contribution is 0.171. The van der Waals surface area contributed by atoms with Crippen molar-refractivity contribution >= 4 is 27.5 Å². The van der Waals surface area contributed by atoms with E-state index in [2.05, 4.69) is 15.9 Å². The van der Waals surface area contributed by atoms with E-state index in [4.69, 9.17) is 26.8 Å². The summed E-state index contributed by atoms with van der Waals surface area (Å²) in [6, 6.07) is 9.39. The molecule has 2 aromatic carbocycles. The van der Waals surface area contributed by atoms with Crippen molar-refractivity contribution in [1.29, 1.82) is 0 Å². The molecule has 3 nitrogen and oxygen atoms in total. The third-order valence-corrected chi connectivity index (χ3v) is 4.73. The molecule has 0 fully saturated rings. The van der Waals surface area contributed by atoms with Gasteiger partial charge < -0.3 is 15.2 Å². The van der Waals surface area contributed by atoms with Gasteiger partial charge in [0.05, 0.1) is 6.04 Å². The van der Waals surface area contributed by atoms with Crippen LogP contribution >= 0.6 is 27.5 Å². The fraction of sp³-hybridized carbons (Fsp3) is 0.250. The molecule has 0 bridgehead atoms. The Balaban J connectivity index is 2.00. The zero-order valence-electron chi connectivity index (χ0n) is 11.5. The highest BCUT2D eigenvalue weighted by Gasteiger charge is 2.19. The van der Waals surface area contributed by atoms with Crippen LogP contribution in [0.2, 0.25) is 5.02 Å². The van der Waals surface area contributed by atoms with E-state index >= 15 is 0 Å². The summed E-state index contributed by atoms with van der Waals surface area (Å²) >= 11 is 9.88. The predicted molar refractivity (Wildman–Crippen MR) is 87.4 cm³/mol. The lowest BCUT2D eigenvalue weighted by Crippen LogP contribution is -2.17. The number of hydrogen-bond donors (Lipinski definition) is 1. The van der Waals surface area contributed by atoms with Crippen LogP contribution < -0.4 is 15.2 Å². The van der Waals surface area contributed by atoms with E-state index in [0.717, 1.165) is 15.6 Å². The van der Waals surface area contributed by atoms with E-state index in [1.165, 1.54) is 5.56 Å². The molecule has 1 aliphatic heterocycles. The molecule has 2 N–H and O–H groups in total. The molecule has 0 spiro atoms. The molecule has 21 heavy (non-hydrogen) atoms. The molecule has 1 heterocycles. The first-order valence-electron chi connectivity index (χ1n) is 6.67. The van der Waals surface area contributed by atoms with Crippen molar-refractivity contribution in [3.05, 3.63) is 56.5 Å². The Morgan fingerprint density at radius 1 is 1.14 bits per heavy atom. The summed E-state index contributed by atoms with van der Waals surface area (Å²) in [6.45, 7) is 3.12. The van der Waals surface area contributed by atoms with Gasteiger partial charge in [-0.2, -0.15) is 0 Å². The highest BCUT2D eigenvalue weighted by Crippen LogP contribution is 2.39. The van der Waals surface area contributed by atoms with Crippen molar-refractivity contribution in [3.8, 4) is 11.5 Å². The Labute approximate surface area is 137 Å².